The van der Waals surface area contributed by atoms with Gasteiger partial charge in [-0.15, -0.1) is 0 Å². The topological polar surface area (TPSA) is 88.9 Å². The Bertz CT molecular complexity index is 606. The summed E-state index contributed by atoms with van der Waals surface area (Å²) in [5.41, 5.74) is 5.81. The highest BCUT2D eigenvalue weighted by atomic mass is 16.5. The molecule has 0 spiro atoms. The van der Waals surface area contributed by atoms with E-state index < -0.39 is 5.60 Å². The average molecular weight is 277 g/mol. The largest absolute Gasteiger partial charge is 0.388 e. The number of aliphatic hydroxyl groups is 1. The van der Waals surface area contributed by atoms with Gasteiger partial charge in [-0.25, -0.2) is 9.97 Å². The van der Waals surface area contributed by atoms with Crippen molar-refractivity contribution < 1.29 is 9.84 Å². The van der Waals surface area contributed by atoms with Crippen molar-refractivity contribution in [2.24, 2.45) is 0 Å². The van der Waals surface area contributed by atoms with Crippen LogP contribution in [-0.4, -0.2) is 51.9 Å². The molecule has 1 aliphatic heterocycles. The van der Waals surface area contributed by atoms with Gasteiger partial charge in [0.25, 0.3) is 0 Å². The molecule has 0 saturated carbocycles. The first-order chi connectivity index (χ1) is 9.57. The van der Waals surface area contributed by atoms with Gasteiger partial charge in [0.1, 0.15) is 5.82 Å². The lowest BCUT2D eigenvalue weighted by Crippen LogP contribution is -2.46. The van der Waals surface area contributed by atoms with Gasteiger partial charge in [0.15, 0.2) is 11.5 Å². The molecule has 7 heteroatoms. The second-order valence-corrected chi connectivity index (χ2v) is 5.34. The van der Waals surface area contributed by atoms with Crippen LogP contribution in [0.1, 0.15) is 12.8 Å². The van der Waals surface area contributed by atoms with Crippen molar-refractivity contribution in [3.63, 3.8) is 0 Å². The van der Waals surface area contributed by atoms with E-state index in [1.807, 2.05) is 22.5 Å². The summed E-state index contributed by atoms with van der Waals surface area (Å²) < 4.78 is 7.13. The van der Waals surface area contributed by atoms with E-state index >= 15 is 0 Å². The summed E-state index contributed by atoms with van der Waals surface area (Å²) >= 11 is 0. The van der Waals surface area contributed by atoms with Crippen molar-refractivity contribution >= 4 is 17.3 Å². The number of ether oxygens (including phenoxy) is 1. The zero-order valence-corrected chi connectivity index (χ0v) is 11.5. The van der Waals surface area contributed by atoms with E-state index in [-0.39, 0.29) is 0 Å². The monoisotopic (exact) mass is 277 g/mol. The molecule has 0 unspecified atom stereocenters. The molecule has 0 atom stereocenters. The number of imidazole rings is 1. The normalized spacial score (nSPS) is 18.3. The van der Waals surface area contributed by atoms with Crippen LogP contribution in [0.5, 0.6) is 0 Å². The van der Waals surface area contributed by atoms with E-state index in [1.54, 1.807) is 12.4 Å². The van der Waals surface area contributed by atoms with Crippen molar-refractivity contribution in [2.45, 2.75) is 18.4 Å². The Morgan fingerprint density at radius 3 is 3.00 bits per heavy atom. The molecule has 2 aromatic rings. The van der Waals surface area contributed by atoms with Gasteiger partial charge in [0.2, 0.25) is 0 Å². The van der Waals surface area contributed by atoms with Gasteiger partial charge in [0.05, 0.1) is 11.8 Å². The molecule has 7 nitrogen and oxygen atoms in total. The number of fused-ring (bicyclic) bond motifs is 1. The Hall–Kier alpha value is -1.86. The van der Waals surface area contributed by atoms with Crippen molar-refractivity contribution in [1.82, 2.24) is 14.4 Å². The summed E-state index contributed by atoms with van der Waals surface area (Å²) in [5, 5.41) is 10.6. The summed E-state index contributed by atoms with van der Waals surface area (Å²) in [6.07, 6.45) is 6.52. The molecule has 0 radical (unpaired) electrons. The minimum absolute atomic E-state index is 0.427. The minimum Gasteiger partial charge on any atom is -0.388 e. The summed E-state index contributed by atoms with van der Waals surface area (Å²) in [4.78, 5) is 10.5. The lowest BCUT2D eigenvalue weighted by atomic mass is 9.94. The van der Waals surface area contributed by atoms with Gasteiger partial charge >= 0.3 is 0 Å². The van der Waals surface area contributed by atoms with E-state index in [4.69, 9.17) is 10.5 Å². The Balaban J connectivity index is 1.88. The molecule has 108 valence electrons. The van der Waals surface area contributed by atoms with Crippen LogP contribution >= 0.6 is 0 Å². The molecule has 1 saturated heterocycles. The van der Waals surface area contributed by atoms with Crippen LogP contribution < -0.4 is 10.6 Å². The molecule has 1 fully saturated rings. The van der Waals surface area contributed by atoms with E-state index in [2.05, 4.69) is 9.97 Å². The van der Waals surface area contributed by atoms with Crippen molar-refractivity contribution in [3.8, 4) is 0 Å². The number of anilines is 2. The van der Waals surface area contributed by atoms with Crippen LogP contribution in [0.4, 0.5) is 11.6 Å². The average Bonchev–Trinajstić information content (AvgIpc) is 2.85. The first-order valence-electron chi connectivity index (χ1n) is 6.68. The maximum Gasteiger partial charge on any atom is 0.180 e. The molecule has 0 amide bonds. The first kappa shape index (κ1) is 13.1. The Morgan fingerprint density at radius 2 is 2.25 bits per heavy atom. The first-order valence-corrected chi connectivity index (χ1v) is 6.68. The third-order valence-corrected chi connectivity index (χ3v) is 3.69. The number of hydrogen-bond acceptors (Lipinski definition) is 6. The molecule has 0 bridgehead atoms. The number of hydrogen-bond donors (Lipinski definition) is 2. The quantitative estimate of drug-likeness (QED) is 0.838. The van der Waals surface area contributed by atoms with Gasteiger partial charge in [-0.05, 0) is 0 Å². The number of nitrogen functional groups attached to an aromatic ring is 1. The summed E-state index contributed by atoms with van der Waals surface area (Å²) in [7, 11) is 1.89. The summed E-state index contributed by atoms with van der Waals surface area (Å²) in [6, 6.07) is 0. The SMILES string of the molecule is CN(CC1(O)CCOCC1)c1nc(N)cn2ccnc12. The van der Waals surface area contributed by atoms with E-state index in [0.29, 0.717) is 44.2 Å². The van der Waals surface area contributed by atoms with Gasteiger partial charge in [0, 0.05) is 52.0 Å². The molecule has 1 aliphatic rings. The summed E-state index contributed by atoms with van der Waals surface area (Å²) in [5.74, 6) is 1.10. The smallest absolute Gasteiger partial charge is 0.180 e. The molecule has 0 aliphatic carbocycles. The minimum atomic E-state index is -0.747. The Morgan fingerprint density at radius 1 is 1.50 bits per heavy atom. The zero-order chi connectivity index (χ0) is 14.2. The van der Waals surface area contributed by atoms with Gasteiger partial charge in [-0.1, -0.05) is 0 Å². The fourth-order valence-corrected chi connectivity index (χ4v) is 2.62. The second kappa shape index (κ2) is 4.92. The van der Waals surface area contributed by atoms with Gasteiger partial charge in [-0.3, -0.25) is 0 Å². The fraction of sp³-hybridized carbons (Fsp3) is 0.538. The van der Waals surface area contributed by atoms with Crippen LogP contribution in [0.2, 0.25) is 0 Å². The van der Waals surface area contributed by atoms with Gasteiger partial charge in [-0.2, -0.15) is 0 Å². The Labute approximate surface area is 117 Å². The molecule has 3 rings (SSSR count). The highest BCUT2D eigenvalue weighted by Gasteiger charge is 2.32. The fourth-order valence-electron chi connectivity index (χ4n) is 2.62. The number of aromatic nitrogens is 3. The number of likely N-dealkylation sites (N-methyl/N-ethyl adjacent to an activating group) is 1. The van der Waals surface area contributed by atoms with E-state index in [1.165, 1.54) is 0 Å². The molecular formula is C13H19N5O2. The standard InChI is InChI=1S/C13H19N5O2/c1-17(9-13(19)2-6-20-7-3-13)12-11-15-4-5-18(11)8-10(14)16-12/h4-5,8,19H,2-3,6-7,9,14H2,1H3. The number of nitrogens with zero attached hydrogens (tertiary/aromatic N) is 4. The molecule has 0 aromatic carbocycles. The molecule has 2 aromatic heterocycles. The highest BCUT2D eigenvalue weighted by molar-refractivity contribution is 5.66. The molecule has 3 N–H and O–H groups in total. The lowest BCUT2D eigenvalue weighted by molar-refractivity contribution is -0.0573. The van der Waals surface area contributed by atoms with Gasteiger partial charge < -0.3 is 24.9 Å². The zero-order valence-electron chi connectivity index (χ0n) is 11.5. The van der Waals surface area contributed by atoms with Crippen molar-refractivity contribution in [3.05, 3.63) is 18.6 Å². The lowest BCUT2D eigenvalue weighted by Gasteiger charge is -2.35. The predicted molar refractivity (Wildman–Crippen MR) is 75.7 cm³/mol. The van der Waals surface area contributed by atoms with Crippen molar-refractivity contribution in [1.29, 1.82) is 0 Å². The third-order valence-electron chi connectivity index (χ3n) is 3.69. The third kappa shape index (κ3) is 2.41. The maximum atomic E-state index is 10.6. The predicted octanol–water partition coefficient (Wildman–Crippen LogP) is 0.289. The van der Waals surface area contributed by atoms with Crippen LogP contribution in [0, 0.1) is 0 Å². The second-order valence-electron chi connectivity index (χ2n) is 5.34. The number of nitrogens with two attached hydrogens (primary N) is 1. The van der Waals surface area contributed by atoms with E-state index in [0.717, 1.165) is 5.65 Å². The summed E-state index contributed by atoms with van der Waals surface area (Å²) in [6.45, 7) is 1.66. The van der Waals surface area contributed by atoms with Crippen LogP contribution in [0.15, 0.2) is 18.6 Å². The highest BCUT2D eigenvalue weighted by Crippen LogP contribution is 2.25. The van der Waals surface area contributed by atoms with Crippen molar-refractivity contribution in [2.75, 3.05) is 37.4 Å². The van der Waals surface area contributed by atoms with Crippen LogP contribution in [0.3, 0.4) is 0 Å². The Kier molecular flexibility index (Phi) is 3.23. The molecular weight excluding hydrogens is 258 g/mol. The van der Waals surface area contributed by atoms with Crippen LogP contribution in [0.25, 0.3) is 5.65 Å². The molecule has 20 heavy (non-hydrogen) atoms. The molecule has 3 heterocycles. The van der Waals surface area contributed by atoms with E-state index in [9.17, 15) is 5.11 Å². The maximum absolute atomic E-state index is 10.6. The number of rotatable bonds is 3. The van der Waals surface area contributed by atoms with Crippen LogP contribution in [-0.2, 0) is 4.74 Å².